The van der Waals surface area contributed by atoms with Crippen LogP contribution in [0.4, 0.5) is 5.69 Å². The lowest BCUT2D eigenvalue weighted by molar-refractivity contribution is -0.120. The molecule has 0 unspecified atom stereocenters. The van der Waals surface area contributed by atoms with E-state index in [-0.39, 0.29) is 11.8 Å². The number of rotatable bonds is 3. The van der Waals surface area contributed by atoms with Crippen LogP contribution >= 0.6 is 0 Å². The fraction of sp³-hybridized carbons (Fsp3) is 0.278. The predicted molar refractivity (Wildman–Crippen MR) is 86.1 cm³/mol. The highest BCUT2D eigenvalue weighted by molar-refractivity contribution is 5.96. The monoisotopic (exact) mass is 280 g/mol. The van der Waals surface area contributed by atoms with E-state index in [0.717, 1.165) is 42.7 Å². The Kier molecular flexibility index (Phi) is 4.31. The Bertz CT molecular complexity index is 604. The molecule has 0 atom stereocenters. The number of piperidine rings is 1. The van der Waals surface area contributed by atoms with E-state index >= 15 is 0 Å². The van der Waals surface area contributed by atoms with Gasteiger partial charge in [-0.05, 0) is 37.6 Å². The normalized spacial score (nSPS) is 15.6. The average Bonchev–Trinajstić information content (AvgIpc) is 2.57. The fourth-order valence-corrected chi connectivity index (χ4v) is 2.78. The van der Waals surface area contributed by atoms with Gasteiger partial charge in [0.05, 0.1) is 0 Å². The molecule has 0 spiro atoms. The van der Waals surface area contributed by atoms with Gasteiger partial charge in [0.2, 0.25) is 5.91 Å². The second-order valence-electron chi connectivity index (χ2n) is 5.43. The minimum absolute atomic E-state index is 0.120. The summed E-state index contributed by atoms with van der Waals surface area (Å²) in [4.78, 5) is 12.4. The van der Waals surface area contributed by atoms with Crippen molar-refractivity contribution in [2.45, 2.75) is 12.8 Å². The summed E-state index contributed by atoms with van der Waals surface area (Å²) in [6.07, 6.45) is 1.83. The summed E-state index contributed by atoms with van der Waals surface area (Å²) in [6, 6.07) is 18.1. The number of para-hydroxylation sites is 1. The molecule has 3 heteroatoms. The third-order valence-corrected chi connectivity index (χ3v) is 3.98. The molecule has 0 aliphatic carbocycles. The molecule has 1 aliphatic rings. The maximum atomic E-state index is 12.4. The van der Waals surface area contributed by atoms with Gasteiger partial charge in [-0.25, -0.2) is 0 Å². The molecule has 1 heterocycles. The predicted octanol–water partition coefficient (Wildman–Crippen LogP) is 3.29. The molecule has 3 rings (SSSR count). The molecule has 21 heavy (non-hydrogen) atoms. The maximum Gasteiger partial charge on any atom is 0.227 e. The Morgan fingerprint density at radius 1 is 0.952 bits per heavy atom. The summed E-state index contributed by atoms with van der Waals surface area (Å²) in [5.74, 6) is 0.259. The molecule has 3 nitrogen and oxygen atoms in total. The van der Waals surface area contributed by atoms with Crippen molar-refractivity contribution in [1.82, 2.24) is 5.32 Å². The lowest BCUT2D eigenvalue weighted by atomic mass is 9.96. The van der Waals surface area contributed by atoms with Gasteiger partial charge in [-0.2, -0.15) is 0 Å². The van der Waals surface area contributed by atoms with Crippen molar-refractivity contribution < 1.29 is 4.79 Å². The lowest BCUT2D eigenvalue weighted by Gasteiger charge is -2.22. The zero-order chi connectivity index (χ0) is 14.5. The fourth-order valence-electron chi connectivity index (χ4n) is 2.78. The molecule has 1 aliphatic heterocycles. The summed E-state index contributed by atoms with van der Waals surface area (Å²) in [7, 11) is 0. The highest BCUT2D eigenvalue weighted by Crippen LogP contribution is 2.28. The van der Waals surface area contributed by atoms with Crippen molar-refractivity contribution in [3.05, 3.63) is 54.6 Å². The molecule has 0 saturated carbocycles. The van der Waals surface area contributed by atoms with Gasteiger partial charge in [0, 0.05) is 17.2 Å². The van der Waals surface area contributed by atoms with E-state index in [1.807, 2.05) is 42.5 Å². The first-order chi connectivity index (χ1) is 10.3. The van der Waals surface area contributed by atoms with E-state index in [2.05, 4.69) is 22.8 Å². The van der Waals surface area contributed by atoms with Gasteiger partial charge >= 0.3 is 0 Å². The van der Waals surface area contributed by atoms with E-state index < -0.39 is 0 Å². The van der Waals surface area contributed by atoms with Gasteiger partial charge < -0.3 is 10.6 Å². The molecule has 1 saturated heterocycles. The Hall–Kier alpha value is -2.13. The first kappa shape index (κ1) is 13.8. The molecule has 1 amide bonds. The van der Waals surface area contributed by atoms with Crippen molar-refractivity contribution >= 4 is 11.6 Å². The highest BCUT2D eigenvalue weighted by Gasteiger charge is 2.21. The molecule has 1 fully saturated rings. The molecule has 2 aromatic carbocycles. The standard InChI is InChI=1S/C18H20N2O/c21-18(15-10-12-19-13-11-15)20-17-9-5-4-8-16(17)14-6-2-1-3-7-14/h1-9,15,19H,10-13H2,(H,20,21). The number of hydrogen-bond acceptors (Lipinski definition) is 2. The van der Waals surface area contributed by atoms with Crippen molar-refractivity contribution in [3.8, 4) is 11.1 Å². The summed E-state index contributed by atoms with van der Waals surface area (Å²) in [6.45, 7) is 1.86. The minimum atomic E-state index is 0.120. The van der Waals surface area contributed by atoms with Crippen LogP contribution in [0.1, 0.15) is 12.8 Å². The molecule has 2 N–H and O–H groups in total. The number of hydrogen-bond donors (Lipinski definition) is 2. The Morgan fingerprint density at radius 2 is 1.62 bits per heavy atom. The number of anilines is 1. The van der Waals surface area contributed by atoms with Gasteiger partial charge in [-0.1, -0.05) is 48.5 Å². The van der Waals surface area contributed by atoms with Gasteiger partial charge in [-0.3, -0.25) is 4.79 Å². The van der Waals surface area contributed by atoms with Crippen molar-refractivity contribution in [2.75, 3.05) is 18.4 Å². The Labute approximate surface area is 125 Å². The summed E-state index contributed by atoms with van der Waals surface area (Å²) in [5, 5.41) is 6.40. The summed E-state index contributed by atoms with van der Waals surface area (Å²) < 4.78 is 0. The zero-order valence-electron chi connectivity index (χ0n) is 12.0. The number of benzene rings is 2. The molecule has 108 valence electrons. The SMILES string of the molecule is O=C(Nc1ccccc1-c1ccccc1)C1CCNCC1. The van der Waals surface area contributed by atoms with Gasteiger partial charge in [0.25, 0.3) is 0 Å². The topological polar surface area (TPSA) is 41.1 Å². The first-order valence-corrected chi connectivity index (χ1v) is 7.50. The molecule has 0 radical (unpaired) electrons. The van der Waals surface area contributed by atoms with Crippen LogP contribution in [-0.4, -0.2) is 19.0 Å². The number of carbonyl (C=O) groups excluding carboxylic acids is 1. The summed E-state index contributed by atoms with van der Waals surface area (Å²) >= 11 is 0. The van der Waals surface area contributed by atoms with Crippen LogP contribution in [0.5, 0.6) is 0 Å². The third kappa shape index (κ3) is 3.31. The minimum Gasteiger partial charge on any atom is -0.325 e. The van der Waals surface area contributed by atoms with Crippen molar-refractivity contribution in [1.29, 1.82) is 0 Å². The second-order valence-corrected chi connectivity index (χ2v) is 5.43. The molecule has 0 bridgehead atoms. The van der Waals surface area contributed by atoms with Crippen LogP contribution in [-0.2, 0) is 4.79 Å². The summed E-state index contributed by atoms with van der Waals surface area (Å²) in [5.41, 5.74) is 3.09. The van der Waals surface area contributed by atoms with Gasteiger partial charge in [0.15, 0.2) is 0 Å². The van der Waals surface area contributed by atoms with Gasteiger partial charge in [-0.15, -0.1) is 0 Å². The largest absolute Gasteiger partial charge is 0.325 e. The molecule has 2 aromatic rings. The van der Waals surface area contributed by atoms with E-state index in [9.17, 15) is 4.79 Å². The van der Waals surface area contributed by atoms with Crippen LogP contribution in [0, 0.1) is 5.92 Å². The first-order valence-electron chi connectivity index (χ1n) is 7.50. The number of nitrogens with one attached hydrogen (secondary N) is 2. The quantitative estimate of drug-likeness (QED) is 0.906. The van der Waals surface area contributed by atoms with Crippen molar-refractivity contribution in [2.24, 2.45) is 5.92 Å². The van der Waals surface area contributed by atoms with Gasteiger partial charge in [0.1, 0.15) is 0 Å². The molecule has 0 aromatic heterocycles. The van der Waals surface area contributed by atoms with E-state index in [0.29, 0.717) is 0 Å². The number of amides is 1. The van der Waals surface area contributed by atoms with Crippen LogP contribution < -0.4 is 10.6 Å². The lowest BCUT2D eigenvalue weighted by Crippen LogP contribution is -2.34. The Morgan fingerprint density at radius 3 is 2.38 bits per heavy atom. The van der Waals surface area contributed by atoms with E-state index in [4.69, 9.17) is 0 Å². The smallest absolute Gasteiger partial charge is 0.227 e. The zero-order valence-corrected chi connectivity index (χ0v) is 12.0. The van der Waals surface area contributed by atoms with Crippen LogP contribution in [0.3, 0.4) is 0 Å². The third-order valence-electron chi connectivity index (χ3n) is 3.98. The average molecular weight is 280 g/mol. The Balaban J connectivity index is 1.81. The maximum absolute atomic E-state index is 12.4. The van der Waals surface area contributed by atoms with Crippen molar-refractivity contribution in [3.63, 3.8) is 0 Å². The number of carbonyl (C=O) groups is 1. The molecular formula is C18H20N2O. The van der Waals surface area contributed by atoms with Crippen LogP contribution in [0.2, 0.25) is 0 Å². The van der Waals surface area contributed by atoms with Crippen LogP contribution in [0.25, 0.3) is 11.1 Å². The highest BCUT2D eigenvalue weighted by atomic mass is 16.1. The second kappa shape index (κ2) is 6.55. The molecular weight excluding hydrogens is 260 g/mol. The van der Waals surface area contributed by atoms with E-state index in [1.165, 1.54) is 0 Å². The van der Waals surface area contributed by atoms with Crippen LogP contribution in [0.15, 0.2) is 54.6 Å². The van der Waals surface area contributed by atoms with E-state index in [1.54, 1.807) is 0 Å².